The molecule has 21 heavy (non-hydrogen) atoms. The molecule has 2 N–H and O–H groups in total. The lowest BCUT2D eigenvalue weighted by Crippen LogP contribution is -2.48. The number of pyridine rings is 1. The third-order valence-corrected chi connectivity index (χ3v) is 4.56. The molecule has 0 spiro atoms. The molecular formula is C14H17N5OS. The number of nitrogen functional groups attached to an aromatic ring is 1. The number of aryl methyl sites for hydroxylation is 1. The number of anilines is 2. The molecule has 1 amide bonds. The van der Waals surface area contributed by atoms with Crippen molar-refractivity contribution in [2.45, 2.75) is 6.92 Å². The first-order chi connectivity index (χ1) is 10.1. The zero-order valence-corrected chi connectivity index (χ0v) is 12.6. The van der Waals surface area contributed by atoms with Crippen LogP contribution in [0.4, 0.5) is 11.5 Å². The second kappa shape index (κ2) is 5.69. The van der Waals surface area contributed by atoms with Gasteiger partial charge in [0.25, 0.3) is 5.91 Å². The van der Waals surface area contributed by atoms with Gasteiger partial charge in [0, 0.05) is 26.2 Å². The first-order valence-electron chi connectivity index (χ1n) is 6.81. The Morgan fingerprint density at radius 1 is 1.24 bits per heavy atom. The Morgan fingerprint density at radius 2 is 2.00 bits per heavy atom. The molecule has 2 aromatic heterocycles. The summed E-state index contributed by atoms with van der Waals surface area (Å²) in [6.07, 6.45) is 1.78. The third-order valence-electron chi connectivity index (χ3n) is 3.64. The van der Waals surface area contributed by atoms with E-state index in [-0.39, 0.29) is 5.91 Å². The van der Waals surface area contributed by atoms with Crippen molar-refractivity contribution in [2.24, 2.45) is 0 Å². The van der Waals surface area contributed by atoms with Crippen LogP contribution in [0, 0.1) is 6.92 Å². The topological polar surface area (TPSA) is 75.4 Å². The van der Waals surface area contributed by atoms with Crippen LogP contribution < -0.4 is 10.6 Å². The molecule has 2 aromatic rings. The molecule has 0 atom stereocenters. The monoisotopic (exact) mass is 303 g/mol. The zero-order valence-electron chi connectivity index (χ0n) is 11.8. The van der Waals surface area contributed by atoms with Gasteiger partial charge in [-0.3, -0.25) is 4.79 Å². The van der Waals surface area contributed by atoms with Crippen LogP contribution in [-0.4, -0.2) is 47.0 Å². The maximum atomic E-state index is 12.4. The summed E-state index contributed by atoms with van der Waals surface area (Å²) in [6, 6.07) is 3.76. The Labute approximate surface area is 127 Å². The van der Waals surface area contributed by atoms with Crippen molar-refractivity contribution < 1.29 is 4.79 Å². The van der Waals surface area contributed by atoms with Gasteiger partial charge in [-0.1, -0.05) is 0 Å². The van der Waals surface area contributed by atoms with E-state index in [1.54, 1.807) is 17.8 Å². The van der Waals surface area contributed by atoms with Crippen LogP contribution in [0.2, 0.25) is 0 Å². The number of aromatic nitrogens is 2. The Hall–Kier alpha value is -2.15. The average molecular weight is 303 g/mol. The van der Waals surface area contributed by atoms with E-state index in [1.165, 1.54) is 11.3 Å². The number of hydrogen-bond acceptors (Lipinski definition) is 6. The fourth-order valence-electron chi connectivity index (χ4n) is 2.40. The van der Waals surface area contributed by atoms with Crippen LogP contribution in [0.15, 0.2) is 23.8 Å². The van der Waals surface area contributed by atoms with Crippen molar-refractivity contribution in [1.82, 2.24) is 14.9 Å². The summed E-state index contributed by atoms with van der Waals surface area (Å²) >= 11 is 1.41. The number of thiazole rings is 1. The molecule has 0 aromatic carbocycles. The predicted molar refractivity (Wildman–Crippen MR) is 83.6 cm³/mol. The largest absolute Gasteiger partial charge is 0.384 e. The Kier molecular flexibility index (Phi) is 3.74. The minimum absolute atomic E-state index is 0.0880. The highest BCUT2D eigenvalue weighted by Gasteiger charge is 2.24. The highest BCUT2D eigenvalue weighted by atomic mass is 32.1. The number of piperazine rings is 1. The molecule has 3 heterocycles. The van der Waals surface area contributed by atoms with Gasteiger partial charge in [-0.15, -0.1) is 11.3 Å². The van der Waals surface area contributed by atoms with Crippen LogP contribution in [0.3, 0.4) is 0 Å². The maximum absolute atomic E-state index is 12.4. The van der Waals surface area contributed by atoms with Gasteiger partial charge < -0.3 is 15.5 Å². The molecule has 7 heteroatoms. The number of carbonyl (C=O) groups is 1. The van der Waals surface area contributed by atoms with Gasteiger partial charge in [0.2, 0.25) is 0 Å². The van der Waals surface area contributed by atoms with Crippen molar-refractivity contribution in [2.75, 3.05) is 36.8 Å². The van der Waals surface area contributed by atoms with Gasteiger partial charge in [0.15, 0.2) is 0 Å². The molecule has 0 aliphatic carbocycles. The van der Waals surface area contributed by atoms with Crippen LogP contribution >= 0.6 is 11.3 Å². The molecule has 0 unspecified atom stereocenters. The average Bonchev–Trinajstić information content (AvgIpc) is 2.94. The number of nitrogens with zero attached hydrogens (tertiary/aromatic N) is 4. The quantitative estimate of drug-likeness (QED) is 0.907. The van der Waals surface area contributed by atoms with E-state index in [0.717, 1.165) is 29.3 Å². The van der Waals surface area contributed by atoms with Gasteiger partial charge in [-0.2, -0.15) is 0 Å². The van der Waals surface area contributed by atoms with Crippen molar-refractivity contribution in [3.8, 4) is 0 Å². The standard InChI is InChI=1S/C14H17N5OS/c1-10-13(21-9-17-10)14(20)19-6-4-18(5-7-19)11-2-3-12(15)16-8-11/h2-3,8-9H,4-7H2,1H3,(H2,15,16). The van der Waals surface area contributed by atoms with Crippen molar-refractivity contribution in [3.63, 3.8) is 0 Å². The van der Waals surface area contributed by atoms with E-state index >= 15 is 0 Å². The summed E-state index contributed by atoms with van der Waals surface area (Å²) < 4.78 is 0. The Bertz CT molecular complexity index is 631. The van der Waals surface area contributed by atoms with E-state index in [0.29, 0.717) is 18.9 Å². The number of amides is 1. The third kappa shape index (κ3) is 2.82. The predicted octanol–water partition coefficient (Wildman–Crippen LogP) is 1.39. The molecule has 0 bridgehead atoms. The van der Waals surface area contributed by atoms with E-state index in [4.69, 9.17) is 5.73 Å². The number of nitrogens with two attached hydrogens (primary N) is 1. The van der Waals surface area contributed by atoms with Gasteiger partial charge in [0.1, 0.15) is 10.7 Å². The summed E-state index contributed by atoms with van der Waals surface area (Å²) in [7, 11) is 0. The summed E-state index contributed by atoms with van der Waals surface area (Å²) in [4.78, 5) is 25.5. The van der Waals surface area contributed by atoms with Crippen LogP contribution in [0.5, 0.6) is 0 Å². The minimum Gasteiger partial charge on any atom is -0.384 e. The van der Waals surface area contributed by atoms with Gasteiger partial charge in [-0.25, -0.2) is 9.97 Å². The van der Waals surface area contributed by atoms with Crippen molar-refractivity contribution in [3.05, 3.63) is 34.4 Å². The van der Waals surface area contributed by atoms with Gasteiger partial charge >= 0.3 is 0 Å². The summed E-state index contributed by atoms with van der Waals surface area (Å²) in [5.41, 5.74) is 9.18. The van der Waals surface area contributed by atoms with Gasteiger partial charge in [0.05, 0.1) is 23.1 Å². The fraction of sp³-hybridized carbons (Fsp3) is 0.357. The molecule has 3 rings (SSSR count). The van der Waals surface area contributed by atoms with Crippen LogP contribution in [0.25, 0.3) is 0 Å². The smallest absolute Gasteiger partial charge is 0.265 e. The molecular weight excluding hydrogens is 286 g/mol. The normalized spacial score (nSPS) is 15.3. The SMILES string of the molecule is Cc1ncsc1C(=O)N1CCN(c2ccc(N)nc2)CC1. The Morgan fingerprint density at radius 3 is 2.57 bits per heavy atom. The van der Waals surface area contributed by atoms with E-state index in [2.05, 4.69) is 14.9 Å². The zero-order chi connectivity index (χ0) is 14.8. The summed E-state index contributed by atoms with van der Waals surface area (Å²) in [5, 5.41) is 0. The van der Waals surface area contributed by atoms with Crippen molar-refractivity contribution in [1.29, 1.82) is 0 Å². The summed E-state index contributed by atoms with van der Waals surface area (Å²) in [5.74, 6) is 0.610. The first kappa shape index (κ1) is 13.8. The molecule has 1 saturated heterocycles. The molecule has 0 radical (unpaired) electrons. The van der Waals surface area contributed by atoms with E-state index in [9.17, 15) is 4.79 Å². The fourth-order valence-corrected chi connectivity index (χ4v) is 3.17. The summed E-state index contributed by atoms with van der Waals surface area (Å²) in [6.45, 7) is 4.89. The lowest BCUT2D eigenvalue weighted by molar-refractivity contribution is 0.0750. The highest BCUT2D eigenvalue weighted by molar-refractivity contribution is 7.11. The minimum atomic E-state index is 0.0880. The second-order valence-electron chi connectivity index (χ2n) is 4.99. The molecule has 110 valence electrons. The molecule has 6 nitrogen and oxygen atoms in total. The number of hydrogen-bond donors (Lipinski definition) is 1. The lowest BCUT2D eigenvalue weighted by atomic mass is 10.2. The molecule has 0 saturated carbocycles. The lowest BCUT2D eigenvalue weighted by Gasteiger charge is -2.35. The number of rotatable bonds is 2. The van der Waals surface area contributed by atoms with E-state index in [1.807, 2.05) is 17.9 Å². The first-order valence-corrected chi connectivity index (χ1v) is 7.69. The van der Waals surface area contributed by atoms with Crippen LogP contribution in [0.1, 0.15) is 15.4 Å². The van der Waals surface area contributed by atoms with Crippen molar-refractivity contribution >= 4 is 28.7 Å². The molecule has 1 fully saturated rings. The Balaban J connectivity index is 1.64. The molecule has 1 aliphatic rings. The highest BCUT2D eigenvalue weighted by Crippen LogP contribution is 2.19. The van der Waals surface area contributed by atoms with Gasteiger partial charge in [-0.05, 0) is 19.1 Å². The molecule has 1 aliphatic heterocycles. The van der Waals surface area contributed by atoms with Crippen LogP contribution in [-0.2, 0) is 0 Å². The number of carbonyl (C=O) groups excluding carboxylic acids is 1. The maximum Gasteiger partial charge on any atom is 0.265 e. The van der Waals surface area contributed by atoms with E-state index < -0.39 is 0 Å². The second-order valence-corrected chi connectivity index (χ2v) is 5.84.